The van der Waals surface area contributed by atoms with Crippen molar-refractivity contribution >= 4 is 28.8 Å². The molecule has 3 aromatic rings. The topological polar surface area (TPSA) is 57.3 Å². The molecule has 0 fully saturated rings. The fourth-order valence-electron chi connectivity index (χ4n) is 2.44. The van der Waals surface area contributed by atoms with Gasteiger partial charge in [-0.3, -0.25) is 0 Å². The highest BCUT2D eigenvalue weighted by Crippen LogP contribution is 2.30. The van der Waals surface area contributed by atoms with Crippen LogP contribution in [0, 0.1) is 0 Å². The predicted molar refractivity (Wildman–Crippen MR) is 78.4 cm³/mol. The van der Waals surface area contributed by atoms with Crippen molar-refractivity contribution in [2.45, 2.75) is 17.8 Å². The number of carbonyl (C=O) groups is 1. The lowest BCUT2D eigenvalue weighted by Crippen LogP contribution is -2.29. The van der Waals surface area contributed by atoms with Crippen molar-refractivity contribution < 1.29 is 13.9 Å². The molecule has 0 amide bonds. The fraction of sp³-hybridized carbons (Fsp3) is 0.200. The second-order valence-electron chi connectivity index (χ2n) is 4.81. The largest absolute Gasteiger partial charge is 0.457 e. The average Bonchev–Trinajstić information content (AvgIpc) is 3.14. The molecule has 0 aliphatic carbocycles. The zero-order valence-electron chi connectivity index (χ0n) is 11.1. The molecule has 4 rings (SSSR count). The Morgan fingerprint density at radius 2 is 2.24 bits per heavy atom. The smallest absolute Gasteiger partial charge is 0.374 e. The van der Waals surface area contributed by atoms with Crippen molar-refractivity contribution in [3.8, 4) is 0 Å². The molecule has 6 heteroatoms. The summed E-state index contributed by atoms with van der Waals surface area (Å²) in [4.78, 5) is 16.5. The number of aromatic nitrogens is 2. The van der Waals surface area contributed by atoms with Crippen LogP contribution in [0.1, 0.15) is 10.6 Å². The highest BCUT2D eigenvalue weighted by molar-refractivity contribution is 7.99. The van der Waals surface area contributed by atoms with Crippen LogP contribution in [-0.2, 0) is 11.3 Å². The SMILES string of the molecule is O=C(OC1CSc2nc3ccccc3n2C1)c1ccco1. The minimum Gasteiger partial charge on any atom is -0.457 e. The van der Waals surface area contributed by atoms with Crippen LogP contribution in [0.25, 0.3) is 11.0 Å². The van der Waals surface area contributed by atoms with E-state index in [4.69, 9.17) is 9.15 Å². The summed E-state index contributed by atoms with van der Waals surface area (Å²) in [5.74, 6) is 0.523. The molecule has 0 saturated carbocycles. The molecule has 0 bridgehead atoms. The van der Waals surface area contributed by atoms with Crippen molar-refractivity contribution in [2.24, 2.45) is 0 Å². The molecule has 1 aliphatic heterocycles. The van der Waals surface area contributed by atoms with E-state index in [-0.39, 0.29) is 11.9 Å². The first-order valence-electron chi connectivity index (χ1n) is 6.64. The van der Waals surface area contributed by atoms with Gasteiger partial charge < -0.3 is 13.7 Å². The molecule has 1 aliphatic rings. The van der Waals surface area contributed by atoms with E-state index in [9.17, 15) is 4.79 Å². The number of hydrogen-bond donors (Lipinski definition) is 0. The van der Waals surface area contributed by atoms with Gasteiger partial charge in [-0.15, -0.1) is 0 Å². The molecule has 106 valence electrons. The average molecular weight is 300 g/mol. The van der Waals surface area contributed by atoms with Crippen LogP contribution in [0.2, 0.25) is 0 Å². The van der Waals surface area contributed by atoms with Crippen molar-refractivity contribution in [2.75, 3.05) is 5.75 Å². The second kappa shape index (κ2) is 4.96. The molecule has 1 atom stereocenters. The van der Waals surface area contributed by atoms with Crippen molar-refractivity contribution in [3.63, 3.8) is 0 Å². The van der Waals surface area contributed by atoms with Gasteiger partial charge in [0, 0.05) is 5.75 Å². The Bertz CT molecular complexity index is 794. The lowest BCUT2D eigenvalue weighted by molar-refractivity contribution is 0.0271. The quantitative estimate of drug-likeness (QED) is 0.681. The maximum absolute atomic E-state index is 11.9. The van der Waals surface area contributed by atoms with Gasteiger partial charge in [0.05, 0.1) is 23.8 Å². The lowest BCUT2D eigenvalue weighted by atomic mass is 10.3. The van der Waals surface area contributed by atoms with Crippen LogP contribution in [-0.4, -0.2) is 27.4 Å². The molecule has 0 N–H and O–H groups in total. The van der Waals surface area contributed by atoms with Crippen molar-refractivity contribution in [1.29, 1.82) is 0 Å². The second-order valence-corrected chi connectivity index (χ2v) is 5.80. The van der Waals surface area contributed by atoms with E-state index in [0.717, 1.165) is 16.2 Å². The third kappa shape index (κ3) is 2.21. The van der Waals surface area contributed by atoms with Gasteiger partial charge in [-0.05, 0) is 24.3 Å². The molecule has 3 heterocycles. The van der Waals surface area contributed by atoms with Gasteiger partial charge in [-0.2, -0.15) is 0 Å². The van der Waals surface area contributed by atoms with Gasteiger partial charge in [-0.1, -0.05) is 23.9 Å². The van der Waals surface area contributed by atoms with Gasteiger partial charge in [0.2, 0.25) is 5.76 Å². The fourth-order valence-corrected chi connectivity index (χ4v) is 3.44. The molecular weight excluding hydrogens is 288 g/mol. The number of nitrogens with zero attached hydrogens (tertiary/aromatic N) is 2. The number of esters is 1. The standard InChI is InChI=1S/C15H12N2O3S/c18-14(13-6-3-7-19-13)20-10-8-17-12-5-2-1-4-11(12)16-15(17)21-9-10/h1-7,10H,8-9H2. The number of thioether (sulfide) groups is 1. The first-order chi connectivity index (χ1) is 10.3. The number of fused-ring (bicyclic) bond motifs is 3. The summed E-state index contributed by atoms with van der Waals surface area (Å²) >= 11 is 1.61. The third-order valence-electron chi connectivity index (χ3n) is 3.40. The zero-order valence-corrected chi connectivity index (χ0v) is 11.9. The predicted octanol–water partition coefficient (Wildman–Crippen LogP) is 2.96. The minimum absolute atomic E-state index is 0.183. The molecular formula is C15H12N2O3S. The third-order valence-corrected chi connectivity index (χ3v) is 4.51. The summed E-state index contributed by atoms with van der Waals surface area (Å²) in [7, 11) is 0. The van der Waals surface area contributed by atoms with E-state index in [1.165, 1.54) is 6.26 Å². The Morgan fingerprint density at radius 1 is 1.33 bits per heavy atom. The Labute approximate surface area is 124 Å². The molecule has 0 saturated heterocycles. The van der Waals surface area contributed by atoms with Crippen molar-refractivity contribution in [3.05, 3.63) is 48.4 Å². The van der Waals surface area contributed by atoms with E-state index in [1.54, 1.807) is 23.9 Å². The van der Waals surface area contributed by atoms with Gasteiger partial charge in [0.25, 0.3) is 0 Å². The molecule has 1 aromatic carbocycles. The van der Waals surface area contributed by atoms with E-state index in [2.05, 4.69) is 9.55 Å². The minimum atomic E-state index is -0.418. The number of hydrogen-bond acceptors (Lipinski definition) is 5. The molecule has 5 nitrogen and oxygen atoms in total. The van der Waals surface area contributed by atoms with Gasteiger partial charge in [0.1, 0.15) is 6.10 Å². The normalized spacial score (nSPS) is 17.6. The summed E-state index contributed by atoms with van der Waals surface area (Å²) in [5.41, 5.74) is 2.04. The number of furan rings is 1. The van der Waals surface area contributed by atoms with Crippen LogP contribution < -0.4 is 0 Å². The number of carbonyl (C=O) groups excluding carboxylic acids is 1. The summed E-state index contributed by atoms with van der Waals surface area (Å²) in [5, 5.41) is 0.974. The Hall–Kier alpha value is -2.21. The van der Waals surface area contributed by atoms with Gasteiger partial charge >= 0.3 is 5.97 Å². The monoisotopic (exact) mass is 300 g/mol. The number of imidazole rings is 1. The highest BCUT2D eigenvalue weighted by Gasteiger charge is 2.26. The van der Waals surface area contributed by atoms with Crippen LogP contribution in [0.3, 0.4) is 0 Å². The first kappa shape index (κ1) is 12.5. The number of ether oxygens (including phenoxy) is 1. The number of rotatable bonds is 2. The summed E-state index contributed by atoms with van der Waals surface area (Å²) in [6.45, 7) is 0.620. The van der Waals surface area contributed by atoms with E-state index in [1.807, 2.05) is 24.3 Å². The Balaban J connectivity index is 1.57. The molecule has 0 spiro atoms. The summed E-state index contributed by atoms with van der Waals surface area (Å²) in [6, 6.07) is 11.3. The van der Waals surface area contributed by atoms with E-state index >= 15 is 0 Å². The number of benzene rings is 1. The van der Waals surface area contributed by atoms with Crippen LogP contribution >= 0.6 is 11.8 Å². The molecule has 0 radical (unpaired) electrons. The van der Waals surface area contributed by atoms with Gasteiger partial charge in [0.15, 0.2) is 5.16 Å². The lowest BCUT2D eigenvalue weighted by Gasteiger charge is -2.23. The Morgan fingerprint density at radius 3 is 3.10 bits per heavy atom. The molecule has 1 unspecified atom stereocenters. The van der Waals surface area contributed by atoms with Crippen LogP contribution in [0.5, 0.6) is 0 Å². The molecule has 21 heavy (non-hydrogen) atoms. The number of para-hydroxylation sites is 2. The summed E-state index contributed by atoms with van der Waals surface area (Å²) in [6.07, 6.45) is 1.28. The zero-order chi connectivity index (χ0) is 14.2. The van der Waals surface area contributed by atoms with E-state index < -0.39 is 5.97 Å². The Kier molecular flexibility index (Phi) is 2.96. The van der Waals surface area contributed by atoms with Gasteiger partial charge in [-0.25, -0.2) is 9.78 Å². The summed E-state index contributed by atoms with van der Waals surface area (Å²) < 4.78 is 12.7. The molecule has 2 aromatic heterocycles. The first-order valence-corrected chi connectivity index (χ1v) is 7.62. The highest BCUT2D eigenvalue weighted by atomic mass is 32.2. The van der Waals surface area contributed by atoms with Crippen LogP contribution in [0.4, 0.5) is 0 Å². The maximum Gasteiger partial charge on any atom is 0.374 e. The van der Waals surface area contributed by atoms with Crippen LogP contribution in [0.15, 0.2) is 52.2 Å². The van der Waals surface area contributed by atoms with Crippen molar-refractivity contribution in [1.82, 2.24) is 9.55 Å². The van der Waals surface area contributed by atoms with E-state index in [0.29, 0.717) is 12.3 Å². The maximum atomic E-state index is 11.9.